The Kier molecular flexibility index (Phi) is 7.89. The number of ether oxygens (including phenoxy) is 4. The second-order valence-electron chi connectivity index (χ2n) is 8.52. The predicted octanol–water partition coefficient (Wildman–Crippen LogP) is 1.48. The van der Waals surface area contributed by atoms with Crippen molar-refractivity contribution in [1.82, 2.24) is 5.32 Å². The van der Waals surface area contributed by atoms with Crippen molar-refractivity contribution in [2.45, 2.75) is 48.3 Å². The van der Waals surface area contributed by atoms with Gasteiger partial charge in [0.15, 0.2) is 16.9 Å². The predicted molar refractivity (Wildman–Crippen MR) is 132 cm³/mol. The molecular formula is C25H31NO8S. The molecule has 1 unspecified atom stereocenters. The van der Waals surface area contributed by atoms with Crippen molar-refractivity contribution in [3.8, 4) is 28.4 Å². The van der Waals surface area contributed by atoms with Gasteiger partial charge in [0.25, 0.3) is 0 Å². The van der Waals surface area contributed by atoms with E-state index in [2.05, 4.69) is 5.32 Å². The molecule has 1 aliphatic heterocycles. The van der Waals surface area contributed by atoms with Gasteiger partial charge in [0.05, 0.1) is 32.8 Å². The van der Waals surface area contributed by atoms with Crippen LogP contribution in [0, 0.1) is 0 Å². The summed E-state index contributed by atoms with van der Waals surface area (Å²) in [6.45, 7) is -0.121. The van der Waals surface area contributed by atoms with Crippen LogP contribution in [0.2, 0.25) is 0 Å². The van der Waals surface area contributed by atoms with Gasteiger partial charge in [-0.15, -0.1) is 11.8 Å². The van der Waals surface area contributed by atoms with Gasteiger partial charge < -0.3 is 34.3 Å². The number of aliphatic hydroxyl groups is 3. The van der Waals surface area contributed by atoms with Crippen LogP contribution in [-0.2, 0) is 11.2 Å². The van der Waals surface area contributed by atoms with E-state index in [1.54, 1.807) is 33.5 Å². The zero-order chi connectivity index (χ0) is 25.3. The third-order valence-corrected chi connectivity index (χ3v) is 7.36. The molecule has 2 aromatic carbocycles. The highest BCUT2D eigenvalue weighted by Crippen LogP contribution is 2.50. The van der Waals surface area contributed by atoms with Crippen LogP contribution in [0.4, 0.5) is 0 Å². The molecule has 190 valence electrons. The van der Waals surface area contributed by atoms with Crippen LogP contribution < -0.4 is 25.0 Å². The lowest BCUT2D eigenvalue weighted by molar-refractivity contribution is -0.197. The van der Waals surface area contributed by atoms with Gasteiger partial charge in [-0.05, 0) is 54.0 Å². The zero-order valence-corrected chi connectivity index (χ0v) is 20.9. The SMILES string of the molecule is COc1cc2c(c(OC)c1OC)-c1ccc(SC)c(=O)cc1[C@@H](NC1OC[C@@H](O)[C@H](O)[C@@H]1O)CC2. The quantitative estimate of drug-likeness (QED) is 0.429. The van der Waals surface area contributed by atoms with E-state index in [0.29, 0.717) is 40.5 Å². The first-order chi connectivity index (χ1) is 16.8. The normalized spacial score (nSPS) is 25.7. The van der Waals surface area contributed by atoms with Gasteiger partial charge in [-0.25, -0.2) is 0 Å². The highest BCUT2D eigenvalue weighted by Gasteiger charge is 2.39. The van der Waals surface area contributed by atoms with Crippen LogP contribution >= 0.6 is 11.8 Å². The van der Waals surface area contributed by atoms with E-state index in [0.717, 1.165) is 16.7 Å². The third kappa shape index (κ3) is 4.74. The maximum Gasteiger partial charge on any atom is 0.203 e. The molecule has 0 aromatic heterocycles. The summed E-state index contributed by atoms with van der Waals surface area (Å²) in [5.74, 6) is 1.49. The molecule has 1 saturated heterocycles. The highest BCUT2D eigenvalue weighted by molar-refractivity contribution is 7.98. The Morgan fingerprint density at radius 1 is 1.03 bits per heavy atom. The number of aliphatic hydroxyl groups excluding tert-OH is 3. The number of thioether (sulfide) groups is 1. The average Bonchev–Trinajstić information content (AvgIpc) is 3.11. The van der Waals surface area contributed by atoms with Crippen molar-refractivity contribution in [3.05, 3.63) is 45.6 Å². The topological polar surface area (TPSA) is 127 Å². The van der Waals surface area contributed by atoms with E-state index in [-0.39, 0.29) is 12.0 Å². The summed E-state index contributed by atoms with van der Waals surface area (Å²) >= 11 is 1.36. The second-order valence-corrected chi connectivity index (χ2v) is 9.37. The monoisotopic (exact) mass is 505 g/mol. The van der Waals surface area contributed by atoms with Crippen LogP contribution in [0.15, 0.2) is 34.0 Å². The van der Waals surface area contributed by atoms with Crippen LogP contribution in [0.5, 0.6) is 17.2 Å². The molecule has 35 heavy (non-hydrogen) atoms. The maximum atomic E-state index is 13.0. The smallest absolute Gasteiger partial charge is 0.203 e. The number of fused-ring (bicyclic) bond motifs is 3. The fraction of sp³-hybridized carbons (Fsp3) is 0.480. The Hall–Kier alpha value is -2.34. The molecule has 0 amide bonds. The summed E-state index contributed by atoms with van der Waals surface area (Å²) in [6, 6.07) is 6.79. The molecule has 2 aromatic rings. The lowest BCUT2D eigenvalue weighted by Crippen LogP contribution is -2.58. The average molecular weight is 506 g/mol. The van der Waals surface area contributed by atoms with Gasteiger partial charge in [0.1, 0.15) is 24.5 Å². The molecule has 5 atom stereocenters. The van der Waals surface area contributed by atoms with Crippen LogP contribution in [0.3, 0.4) is 0 Å². The minimum Gasteiger partial charge on any atom is -0.493 e. The fourth-order valence-electron chi connectivity index (χ4n) is 4.79. The van der Waals surface area contributed by atoms with Gasteiger partial charge in [0, 0.05) is 11.6 Å². The Balaban J connectivity index is 1.90. The first-order valence-electron chi connectivity index (χ1n) is 11.3. The molecule has 0 radical (unpaired) electrons. The van der Waals surface area contributed by atoms with Gasteiger partial charge in [-0.1, -0.05) is 6.07 Å². The van der Waals surface area contributed by atoms with Crippen molar-refractivity contribution in [2.75, 3.05) is 34.2 Å². The number of methoxy groups -OCH3 is 3. The van der Waals surface area contributed by atoms with E-state index in [4.69, 9.17) is 18.9 Å². The van der Waals surface area contributed by atoms with E-state index in [1.807, 2.05) is 18.4 Å². The third-order valence-electron chi connectivity index (χ3n) is 6.59. The minimum absolute atomic E-state index is 0.121. The number of aryl methyl sites for hydroxylation is 1. The standard InChI is InChI=1S/C25H31NO8S/c1-31-18-9-12-5-7-15(26-25-22(30)21(29)17(28)11-34-25)14-10-16(27)19(35-4)8-6-13(14)20(12)24(33-3)23(18)32-2/h6,8-10,15,17,21-22,25-26,28-30H,5,7,11H2,1-4H3/t15-,17+,21-,22-,25?/m0/s1. The van der Waals surface area contributed by atoms with Gasteiger partial charge in [-0.3, -0.25) is 10.1 Å². The van der Waals surface area contributed by atoms with Gasteiger partial charge in [0.2, 0.25) is 5.75 Å². The Morgan fingerprint density at radius 2 is 1.77 bits per heavy atom. The van der Waals surface area contributed by atoms with E-state index >= 15 is 0 Å². The fourth-order valence-corrected chi connectivity index (χ4v) is 5.26. The first-order valence-corrected chi connectivity index (χ1v) is 12.5. The molecule has 4 N–H and O–H groups in total. The summed E-state index contributed by atoms with van der Waals surface area (Å²) in [5.41, 5.74) is 3.10. The van der Waals surface area contributed by atoms with E-state index in [1.165, 1.54) is 11.8 Å². The molecule has 0 saturated carbocycles. The molecule has 1 heterocycles. The first kappa shape index (κ1) is 25.7. The van der Waals surface area contributed by atoms with E-state index < -0.39 is 30.6 Å². The molecule has 2 aliphatic rings. The molecular weight excluding hydrogens is 474 g/mol. The van der Waals surface area contributed by atoms with Crippen LogP contribution in [-0.4, -0.2) is 74.1 Å². The number of benzene rings is 1. The summed E-state index contributed by atoms with van der Waals surface area (Å²) in [7, 11) is 4.67. The molecule has 1 fully saturated rings. The van der Waals surface area contributed by atoms with Gasteiger partial charge in [-0.2, -0.15) is 0 Å². The Morgan fingerprint density at radius 3 is 2.43 bits per heavy atom. The molecule has 0 spiro atoms. The van der Waals surface area contributed by atoms with Gasteiger partial charge >= 0.3 is 0 Å². The van der Waals surface area contributed by atoms with Crippen molar-refractivity contribution < 1.29 is 34.3 Å². The molecule has 10 heteroatoms. The number of rotatable bonds is 6. The van der Waals surface area contributed by atoms with Crippen molar-refractivity contribution >= 4 is 11.8 Å². The minimum atomic E-state index is -1.35. The summed E-state index contributed by atoms with van der Waals surface area (Å²) in [4.78, 5) is 13.6. The summed E-state index contributed by atoms with van der Waals surface area (Å²) in [5, 5.41) is 33.8. The largest absolute Gasteiger partial charge is 0.493 e. The zero-order valence-electron chi connectivity index (χ0n) is 20.1. The van der Waals surface area contributed by atoms with Crippen LogP contribution in [0.1, 0.15) is 23.6 Å². The molecule has 4 rings (SSSR count). The highest BCUT2D eigenvalue weighted by atomic mass is 32.2. The summed E-state index contributed by atoms with van der Waals surface area (Å²) in [6.07, 6.45) is -1.79. The van der Waals surface area contributed by atoms with Crippen molar-refractivity contribution in [2.24, 2.45) is 0 Å². The van der Waals surface area contributed by atoms with Crippen molar-refractivity contribution in [1.29, 1.82) is 0 Å². The van der Waals surface area contributed by atoms with Crippen molar-refractivity contribution in [3.63, 3.8) is 0 Å². The Labute approximate surface area is 208 Å². The number of hydrogen-bond donors (Lipinski definition) is 4. The molecule has 1 aliphatic carbocycles. The lowest BCUT2D eigenvalue weighted by Gasteiger charge is -2.37. The summed E-state index contributed by atoms with van der Waals surface area (Å²) < 4.78 is 22.6. The maximum absolute atomic E-state index is 13.0. The number of nitrogens with one attached hydrogen (secondary N) is 1. The van der Waals surface area contributed by atoms with Crippen LogP contribution in [0.25, 0.3) is 11.1 Å². The van der Waals surface area contributed by atoms with E-state index in [9.17, 15) is 20.1 Å². The molecule has 9 nitrogen and oxygen atoms in total. The Bertz CT molecular complexity index is 1140. The molecule has 0 bridgehead atoms. The number of hydrogen-bond acceptors (Lipinski definition) is 10. The second kappa shape index (κ2) is 10.7. The lowest BCUT2D eigenvalue weighted by atomic mass is 9.95.